The Hall–Kier alpha value is 0.01000. The number of halogens is 1. The Morgan fingerprint density at radius 3 is 2.80 bits per heavy atom. The van der Waals surface area contributed by atoms with E-state index in [-0.39, 0.29) is 0 Å². The Morgan fingerprint density at radius 2 is 2.13 bits per heavy atom. The Bertz CT molecular complexity index is 302. The lowest BCUT2D eigenvalue weighted by atomic mass is 10.2. The van der Waals surface area contributed by atoms with Crippen LogP contribution in [0.2, 0.25) is 0 Å². The fourth-order valence-corrected chi connectivity index (χ4v) is 2.58. The van der Waals surface area contributed by atoms with Gasteiger partial charge in [-0.25, -0.2) is 0 Å². The molecule has 0 unspecified atom stereocenters. The van der Waals surface area contributed by atoms with E-state index in [4.69, 9.17) is 0 Å². The molecular formula is C12H18BrNS. The molecule has 15 heavy (non-hydrogen) atoms. The Kier molecular flexibility index (Phi) is 6.37. The van der Waals surface area contributed by atoms with E-state index in [0.717, 1.165) is 23.3 Å². The van der Waals surface area contributed by atoms with E-state index < -0.39 is 0 Å². The predicted octanol–water partition coefficient (Wildman–Crippen LogP) is 4.06. The third kappa shape index (κ3) is 4.58. The molecule has 0 saturated carbocycles. The maximum Gasteiger partial charge on any atom is 0.0217 e. The Labute approximate surface area is 105 Å². The van der Waals surface area contributed by atoms with Crippen LogP contribution >= 0.6 is 27.7 Å². The number of nitrogens with one attached hydrogen (secondary N) is 1. The van der Waals surface area contributed by atoms with Gasteiger partial charge < -0.3 is 5.32 Å². The summed E-state index contributed by atoms with van der Waals surface area (Å²) in [4.78, 5) is 1.39. The molecule has 84 valence electrons. The fourth-order valence-electron chi connectivity index (χ4n) is 1.38. The summed E-state index contributed by atoms with van der Waals surface area (Å²) in [6.45, 7) is 6.43. The van der Waals surface area contributed by atoms with Gasteiger partial charge in [-0.1, -0.05) is 29.8 Å². The molecule has 0 aliphatic carbocycles. The number of rotatable bonds is 6. The summed E-state index contributed by atoms with van der Waals surface area (Å²) < 4.78 is 1.16. The third-order valence-corrected chi connectivity index (χ3v) is 3.56. The molecule has 0 fully saturated rings. The quantitative estimate of drug-likeness (QED) is 0.626. The molecule has 1 nitrogen and oxygen atoms in total. The molecule has 0 aliphatic heterocycles. The number of hydrogen-bond donors (Lipinski definition) is 1. The molecule has 0 saturated heterocycles. The normalized spacial score (nSPS) is 10.6. The van der Waals surface area contributed by atoms with E-state index in [1.54, 1.807) is 0 Å². The number of thioether (sulfide) groups is 1. The maximum atomic E-state index is 3.52. The van der Waals surface area contributed by atoms with Crippen LogP contribution in [0, 0.1) is 0 Å². The highest BCUT2D eigenvalue weighted by molar-refractivity contribution is 9.10. The van der Waals surface area contributed by atoms with Crippen molar-refractivity contribution in [3.63, 3.8) is 0 Å². The second-order valence-electron chi connectivity index (χ2n) is 3.36. The summed E-state index contributed by atoms with van der Waals surface area (Å²) >= 11 is 5.43. The van der Waals surface area contributed by atoms with Crippen LogP contribution in [0.4, 0.5) is 0 Å². The second kappa shape index (κ2) is 7.31. The van der Waals surface area contributed by atoms with E-state index >= 15 is 0 Å². The van der Waals surface area contributed by atoms with Crippen molar-refractivity contribution in [2.75, 3.05) is 12.3 Å². The van der Waals surface area contributed by atoms with Crippen molar-refractivity contribution >= 4 is 27.7 Å². The van der Waals surface area contributed by atoms with Crippen molar-refractivity contribution in [1.29, 1.82) is 0 Å². The fraction of sp³-hybridized carbons (Fsp3) is 0.500. The van der Waals surface area contributed by atoms with E-state index in [0.29, 0.717) is 0 Å². The lowest BCUT2D eigenvalue weighted by Crippen LogP contribution is -2.14. The second-order valence-corrected chi connectivity index (χ2v) is 5.58. The van der Waals surface area contributed by atoms with Gasteiger partial charge >= 0.3 is 0 Å². The van der Waals surface area contributed by atoms with Crippen LogP contribution in [-0.4, -0.2) is 12.3 Å². The number of hydrogen-bond acceptors (Lipinski definition) is 2. The minimum Gasteiger partial charge on any atom is -0.313 e. The van der Waals surface area contributed by atoms with Crippen molar-refractivity contribution < 1.29 is 0 Å². The first kappa shape index (κ1) is 13.1. The van der Waals surface area contributed by atoms with Crippen molar-refractivity contribution in [1.82, 2.24) is 5.32 Å². The first-order valence-corrected chi connectivity index (χ1v) is 7.17. The first-order valence-electron chi connectivity index (χ1n) is 5.39. The van der Waals surface area contributed by atoms with Crippen LogP contribution in [-0.2, 0) is 6.54 Å². The molecule has 0 atom stereocenters. The van der Waals surface area contributed by atoms with Crippen molar-refractivity contribution in [2.45, 2.75) is 31.7 Å². The smallest absolute Gasteiger partial charge is 0.0217 e. The molecule has 1 aromatic rings. The van der Waals surface area contributed by atoms with Gasteiger partial charge in [-0.2, -0.15) is 0 Å². The minimum atomic E-state index is 0.968. The van der Waals surface area contributed by atoms with Gasteiger partial charge in [0.15, 0.2) is 0 Å². The van der Waals surface area contributed by atoms with Crippen LogP contribution in [0.3, 0.4) is 0 Å². The SMILES string of the molecule is CCCNCc1cc(Br)ccc1SCC. The maximum absolute atomic E-state index is 3.52. The molecule has 0 aliphatic rings. The van der Waals surface area contributed by atoms with E-state index in [1.807, 2.05) is 11.8 Å². The highest BCUT2D eigenvalue weighted by Gasteiger charge is 2.02. The molecular weight excluding hydrogens is 270 g/mol. The molecule has 3 heteroatoms. The largest absolute Gasteiger partial charge is 0.313 e. The summed E-state index contributed by atoms with van der Waals surface area (Å²) in [6, 6.07) is 6.52. The van der Waals surface area contributed by atoms with Crippen LogP contribution < -0.4 is 5.32 Å². The molecule has 0 aromatic heterocycles. The van der Waals surface area contributed by atoms with Gasteiger partial charge in [0.2, 0.25) is 0 Å². The molecule has 1 rings (SSSR count). The van der Waals surface area contributed by atoms with Crippen molar-refractivity contribution in [2.24, 2.45) is 0 Å². The summed E-state index contributed by atoms with van der Waals surface area (Å²) in [5.41, 5.74) is 1.39. The van der Waals surface area contributed by atoms with E-state index in [1.165, 1.54) is 16.9 Å². The molecule has 0 amide bonds. The molecule has 0 spiro atoms. The standard InChI is InChI=1S/C12H18BrNS/c1-3-7-14-9-10-8-11(13)5-6-12(10)15-4-2/h5-6,8,14H,3-4,7,9H2,1-2H3. The van der Waals surface area contributed by atoms with E-state index in [2.05, 4.69) is 53.3 Å². The summed E-state index contributed by atoms with van der Waals surface area (Å²) in [7, 11) is 0. The topological polar surface area (TPSA) is 12.0 Å². The molecule has 0 radical (unpaired) electrons. The highest BCUT2D eigenvalue weighted by atomic mass is 79.9. The van der Waals surface area contributed by atoms with E-state index in [9.17, 15) is 0 Å². The highest BCUT2D eigenvalue weighted by Crippen LogP contribution is 2.25. The van der Waals surface area contributed by atoms with Crippen LogP contribution in [0.15, 0.2) is 27.6 Å². The van der Waals surface area contributed by atoms with Crippen LogP contribution in [0.1, 0.15) is 25.8 Å². The van der Waals surface area contributed by atoms with Crippen molar-refractivity contribution in [3.05, 3.63) is 28.2 Å². The predicted molar refractivity (Wildman–Crippen MR) is 72.5 cm³/mol. The van der Waals surface area contributed by atoms with Gasteiger partial charge in [-0.15, -0.1) is 11.8 Å². The summed E-state index contributed by atoms with van der Waals surface area (Å²) in [5.74, 6) is 1.13. The monoisotopic (exact) mass is 287 g/mol. The lowest BCUT2D eigenvalue weighted by Gasteiger charge is -2.09. The Morgan fingerprint density at radius 1 is 1.33 bits per heavy atom. The molecule has 0 heterocycles. The minimum absolute atomic E-state index is 0.968. The van der Waals surface area contributed by atoms with Crippen LogP contribution in [0.5, 0.6) is 0 Å². The van der Waals surface area contributed by atoms with Gasteiger partial charge in [-0.05, 0) is 42.5 Å². The lowest BCUT2D eigenvalue weighted by molar-refractivity contribution is 0.669. The molecule has 1 aromatic carbocycles. The van der Waals surface area contributed by atoms with Crippen molar-refractivity contribution in [3.8, 4) is 0 Å². The average molecular weight is 288 g/mol. The van der Waals surface area contributed by atoms with Crippen LogP contribution in [0.25, 0.3) is 0 Å². The van der Waals surface area contributed by atoms with Gasteiger partial charge in [0, 0.05) is 15.9 Å². The average Bonchev–Trinajstić information content (AvgIpc) is 2.22. The van der Waals surface area contributed by atoms with Gasteiger partial charge in [0.25, 0.3) is 0 Å². The first-order chi connectivity index (χ1) is 7.27. The zero-order valence-corrected chi connectivity index (χ0v) is 11.7. The summed E-state index contributed by atoms with van der Waals surface area (Å²) in [6.07, 6.45) is 1.18. The van der Waals surface area contributed by atoms with Gasteiger partial charge in [0.05, 0.1) is 0 Å². The molecule has 0 bridgehead atoms. The summed E-state index contributed by atoms with van der Waals surface area (Å²) in [5, 5.41) is 3.44. The zero-order chi connectivity index (χ0) is 11.1. The van der Waals surface area contributed by atoms with Gasteiger partial charge in [-0.3, -0.25) is 0 Å². The van der Waals surface area contributed by atoms with Gasteiger partial charge in [0.1, 0.15) is 0 Å². The Balaban J connectivity index is 2.68. The zero-order valence-electron chi connectivity index (χ0n) is 9.35. The number of benzene rings is 1. The third-order valence-electron chi connectivity index (χ3n) is 2.06. The molecule has 1 N–H and O–H groups in total.